The van der Waals surface area contributed by atoms with Gasteiger partial charge in [-0.25, -0.2) is 0 Å². The van der Waals surface area contributed by atoms with Gasteiger partial charge in [0.2, 0.25) is 5.76 Å². The van der Waals surface area contributed by atoms with Crippen LogP contribution in [0.3, 0.4) is 0 Å². The normalized spacial score (nSPS) is 15.4. The molecule has 0 aliphatic carbocycles. The van der Waals surface area contributed by atoms with Gasteiger partial charge in [-0.05, 0) is 48.0 Å². The Kier molecular flexibility index (Phi) is 4.95. The number of benzene rings is 3. The topological polar surface area (TPSA) is 59.8 Å². The van der Waals surface area contributed by atoms with Gasteiger partial charge in [-0.2, -0.15) is 0 Å². The lowest BCUT2D eigenvalue weighted by Gasteiger charge is -2.25. The number of nitrogens with zero attached hydrogens (tertiary/aromatic N) is 1. The Hall–Kier alpha value is -2.90. The highest BCUT2D eigenvalue weighted by Crippen LogP contribution is 2.42. The van der Waals surface area contributed by atoms with E-state index in [1.54, 1.807) is 42.3 Å². The summed E-state index contributed by atoms with van der Waals surface area (Å²) in [6.07, 6.45) is 0. The molecule has 0 spiro atoms. The van der Waals surface area contributed by atoms with Crippen molar-refractivity contribution >= 4 is 54.4 Å². The van der Waals surface area contributed by atoms with Gasteiger partial charge in [0, 0.05) is 20.7 Å². The first-order valence-corrected chi connectivity index (χ1v) is 11.1. The smallest absolute Gasteiger partial charge is 0.295 e. The van der Waals surface area contributed by atoms with Crippen molar-refractivity contribution in [2.75, 3.05) is 12.0 Å². The number of amides is 1. The van der Waals surface area contributed by atoms with Gasteiger partial charge in [-0.1, -0.05) is 50.1 Å². The van der Waals surface area contributed by atoms with E-state index in [0.29, 0.717) is 28.0 Å². The van der Waals surface area contributed by atoms with Crippen LogP contribution in [0, 0.1) is 0 Å². The standard InChI is InChI=1S/C24H15Br2NO4/c1-30-17-4-2-3-16(12-17)27-21(13-5-7-14(25)8-6-13)20-22(28)18-11-15(26)9-10-19(18)31-23(20)24(27)29/h2-12,21H,1H3. The second kappa shape index (κ2) is 7.66. The lowest BCUT2D eigenvalue weighted by atomic mass is 9.98. The number of ether oxygens (including phenoxy) is 1. The van der Waals surface area contributed by atoms with Crippen molar-refractivity contribution in [3.63, 3.8) is 0 Å². The lowest BCUT2D eigenvalue weighted by molar-refractivity contribution is 0.0971. The summed E-state index contributed by atoms with van der Waals surface area (Å²) in [5, 5.41) is 0.426. The van der Waals surface area contributed by atoms with E-state index in [1.165, 1.54) is 0 Å². The van der Waals surface area contributed by atoms with Crippen LogP contribution in [0.15, 0.2) is 84.9 Å². The molecule has 0 saturated carbocycles. The number of rotatable bonds is 3. The maximum Gasteiger partial charge on any atom is 0.295 e. The van der Waals surface area contributed by atoms with Gasteiger partial charge in [0.05, 0.1) is 24.1 Å². The van der Waals surface area contributed by atoms with Crippen molar-refractivity contribution in [2.45, 2.75) is 6.04 Å². The number of hydrogen-bond donors (Lipinski definition) is 0. The minimum atomic E-state index is -0.623. The predicted octanol–water partition coefficient (Wildman–Crippen LogP) is 6.08. The van der Waals surface area contributed by atoms with Crippen LogP contribution in [-0.2, 0) is 0 Å². The van der Waals surface area contributed by atoms with Gasteiger partial charge < -0.3 is 9.15 Å². The highest BCUT2D eigenvalue weighted by Gasteiger charge is 2.43. The summed E-state index contributed by atoms with van der Waals surface area (Å²) in [5.74, 6) is 0.317. The van der Waals surface area contributed by atoms with E-state index < -0.39 is 6.04 Å². The SMILES string of the molecule is COc1cccc(N2C(=O)c3oc4ccc(Br)cc4c(=O)c3C2c2ccc(Br)cc2)c1. The molecular formula is C24H15Br2NO4. The molecule has 2 heterocycles. The Morgan fingerprint density at radius 3 is 2.42 bits per heavy atom. The first kappa shape index (κ1) is 20.0. The van der Waals surface area contributed by atoms with Gasteiger partial charge in [0.1, 0.15) is 11.3 Å². The molecule has 1 amide bonds. The largest absolute Gasteiger partial charge is 0.497 e. The van der Waals surface area contributed by atoms with E-state index in [2.05, 4.69) is 31.9 Å². The summed E-state index contributed by atoms with van der Waals surface area (Å²) in [5.41, 5.74) is 1.92. The van der Waals surface area contributed by atoms with Crippen LogP contribution in [0.1, 0.15) is 27.7 Å². The molecule has 31 heavy (non-hydrogen) atoms. The summed E-state index contributed by atoms with van der Waals surface area (Å²) >= 11 is 6.86. The Morgan fingerprint density at radius 1 is 0.935 bits per heavy atom. The number of anilines is 1. The number of methoxy groups -OCH3 is 1. The molecule has 7 heteroatoms. The summed E-state index contributed by atoms with van der Waals surface area (Å²) in [6, 6.07) is 19.4. The fourth-order valence-electron chi connectivity index (χ4n) is 3.93. The quantitative estimate of drug-likeness (QED) is 0.316. The zero-order valence-corrected chi connectivity index (χ0v) is 19.4. The molecule has 1 unspecified atom stereocenters. The molecular weight excluding hydrogens is 526 g/mol. The Bertz CT molecular complexity index is 1400. The molecule has 0 bridgehead atoms. The second-order valence-corrected chi connectivity index (χ2v) is 8.98. The average Bonchev–Trinajstić information content (AvgIpc) is 3.07. The molecule has 4 aromatic rings. The number of carbonyl (C=O) groups is 1. The Balaban J connectivity index is 1.81. The van der Waals surface area contributed by atoms with Crippen molar-refractivity contribution in [3.8, 4) is 5.75 Å². The van der Waals surface area contributed by atoms with Crippen LogP contribution in [-0.4, -0.2) is 13.0 Å². The van der Waals surface area contributed by atoms with E-state index in [4.69, 9.17) is 9.15 Å². The monoisotopic (exact) mass is 539 g/mol. The highest BCUT2D eigenvalue weighted by molar-refractivity contribution is 9.10. The van der Waals surface area contributed by atoms with E-state index in [1.807, 2.05) is 36.4 Å². The zero-order chi connectivity index (χ0) is 21.7. The molecule has 3 aromatic carbocycles. The van der Waals surface area contributed by atoms with E-state index in [9.17, 15) is 9.59 Å². The molecule has 0 radical (unpaired) electrons. The van der Waals surface area contributed by atoms with Crippen LogP contribution in [0.2, 0.25) is 0 Å². The first-order valence-electron chi connectivity index (χ1n) is 9.47. The molecule has 1 atom stereocenters. The number of fused-ring (bicyclic) bond motifs is 2. The summed E-state index contributed by atoms with van der Waals surface area (Å²) in [6.45, 7) is 0. The number of carbonyl (C=O) groups excluding carboxylic acids is 1. The maximum absolute atomic E-state index is 13.6. The molecule has 1 aliphatic rings. The lowest BCUT2D eigenvalue weighted by Crippen LogP contribution is -2.29. The van der Waals surface area contributed by atoms with E-state index in [-0.39, 0.29) is 17.1 Å². The minimum Gasteiger partial charge on any atom is -0.497 e. The van der Waals surface area contributed by atoms with Crippen molar-refractivity contribution in [1.82, 2.24) is 0 Å². The van der Waals surface area contributed by atoms with Crippen LogP contribution in [0.4, 0.5) is 5.69 Å². The van der Waals surface area contributed by atoms with Crippen molar-refractivity contribution < 1.29 is 13.9 Å². The number of halogens is 2. The van der Waals surface area contributed by atoms with Gasteiger partial charge in [-0.15, -0.1) is 0 Å². The minimum absolute atomic E-state index is 0.0653. The number of hydrogen-bond acceptors (Lipinski definition) is 4. The van der Waals surface area contributed by atoms with E-state index in [0.717, 1.165) is 14.5 Å². The first-order chi connectivity index (χ1) is 15.0. The summed E-state index contributed by atoms with van der Waals surface area (Å²) in [4.78, 5) is 28.7. The fourth-order valence-corrected chi connectivity index (χ4v) is 4.56. The zero-order valence-electron chi connectivity index (χ0n) is 16.3. The predicted molar refractivity (Wildman–Crippen MR) is 126 cm³/mol. The maximum atomic E-state index is 13.6. The molecule has 5 rings (SSSR count). The average molecular weight is 541 g/mol. The summed E-state index contributed by atoms with van der Waals surface area (Å²) in [7, 11) is 1.57. The molecule has 154 valence electrons. The molecule has 5 nitrogen and oxygen atoms in total. The second-order valence-electron chi connectivity index (χ2n) is 7.15. The molecule has 1 aliphatic heterocycles. The third-order valence-electron chi connectivity index (χ3n) is 5.35. The molecule has 0 saturated heterocycles. The fraction of sp³-hybridized carbons (Fsp3) is 0.0833. The van der Waals surface area contributed by atoms with E-state index >= 15 is 0 Å². The molecule has 1 aromatic heterocycles. The molecule has 0 fully saturated rings. The Labute approximate surface area is 194 Å². The van der Waals surface area contributed by atoms with Crippen molar-refractivity contribution in [1.29, 1.82) is 0 Å². The summed E-state index contributed by atoms with van der Waals surface area (Å²) < 4.78 is 13.0. The van der Waals surface area contributed by atoms with Gasteiger partial charge in [-0.3, -0.25) is 14.5 Å². The Morgan fingerprint density at radius 2 is 1.68 bits per heavy atom. The van der Waals surface area contributed by atoms with Gasteiger partial charge in [0.15, 0.2) is 5.43 Å². The van der Waals surface area contributed by atoms with Crippen LogP contribution < -0.4 is 15.1 Å². The van der Waals surface area contributed by atoms with Crippen molar-refractivity contribution in [2.24, 2.45) is 0 Å². The van der Waals surface area contributed by atoms with Gasteiger partial charge >= 0.3 is 0 Å². The molecule has 0 N–H and O–H groups in total. The van der Waals surface area contributed by atoms with Crippen LogP contribution in [0.5, 0.6) is 5.75 Å². The van der Waals surface area contributed by atoms with Gasteiger partial charge in [0.25, 0.3) is 5.91 Å². The third kappa shape index (κ3) is 3.28. The third-order valence-corrected chi connectivity index (χ3v) is 6.37. The highest BCUT2D eigenvalue weighted by atomic mass is 79.9. The van der Waals surface area contributed by atoms with Crippen molar-refractivity contribution in [3.05, 3.63) is 103 Å². The van der Waals surface area contributed by atoms with Crippen LogP contribution >= 0.6 is 31.9 Å². The van der Waals surface area contributed by atoms with Crippen LogP contribution in [0.25, 0.3) is 11.0 Å².